The van der Waals surface area contributed by atoms with Gasteiger partial charge >= 0.3 is 0 Å². The summed E-state index contributed by atoms with van der Waals surface area (Å²) in [5.41, 5.74) is 9.95. The number of hydrogen-bond donors (Lipinski definition) is 0. The maximum Gasteiger partial charge on any atom is -0.00990 e. The zero-order valence-corrected chi connectivity index (χ0v) is 31.8. The second-order valence-corrected chi connectivity index (χ2v) is 15.7. The summed E-state index contributed by atoms with van der Waals surface area (Å²) in [6, 6.07) is 80.9. The third kappa shape index (κ3) is 5.30. The molecule has 12 rings (SSSR count). The highest BCUT2D eigenvalue weighted by molar-refractivity contribution is 6.14. The summed E-state index contributed by atoms with van der Waals surface area (Å²) in [7, 11) is 0. The fraction of sp³-hybridized carbons (Fsp3) is 0. The molecule has 12 aromatic rings. The molecule has 0 N–H and O–H groups in total. The molecule has 0 aliphatic carbocycles. The predicted octanol–water partition coefficient (Wildman–Crippen LogP) is 16.4. The molecule has 0 amide bonds. The third-order valence-electron chi connectivity index (χ3n) is 12.4. The van der Waals surface area contributed by atoms with Crippen LogP contribution in [-0.2, 0) is 0 Å². The van der Waals surface area contributed by atoms with Gasteiger partial charge in [0.2, 0.25) is 0 Å². The van der Waals surface area contributed by atoms with Gasteiger partial charge in [-0.3, -0.25) is 0 Å². The van der Waals surface area contributed by atoms with Crippen LogP contribution in [0.25, 0.3) is 120 Å². The van der Waals surface area contributed by atoms with Crippen LogP contribution in [0.1, 0.15) is 0 Å². The summed E-state index contributed by atoms with van der Waals surface area (Å²) >= 11 is 0. The van der Waals surface area contributed by atoms with Crippen LogP contribution >= 0.6 is 0 Å². The Morgan fingerprint density at radius 2 is 0.534 bits per heavy atom. The Balaban J connectivity index is 0.848. The number of benzene rings is 12. The largest absolute Gasteiger partial charge is 0.0616 e. The van der Waals surface area contributed by atoms with E-state index in [1.807, 2.05) is 0 Å². The molecule has 0 unspecified atom stereocenters. The quantitative estimate of drug-likeness (QED) is 0.158. The van der Waals surface area contributed by atoms with E-state index in [9.17, 15) is 0 Å². The van der Waals surface area contributed by atoms with Gasteiger partial charge in [0.15, 0.2) is 0 Å². The van der Waals surface area contributed by atoms with E-state index in [4.69, 9.17) is 0 Å². The highest BCUT2D eigenvalue weighted by Crippen LogP contribution is 2.39. The van der Waals surface area contributed by atoms with E-state index in [1.165, 1.54) is 120 Å². The zero-order chi connectivity index (χ0) is 38.2. The van der Waals surface area contributed by atoms with Crippen molar-refractivity contribution in [3.63, 3.8) is 0 Å². The summed E-state index contributed by atoms with van der Waals surface area (Å²) in [6.07, 6.45) is 0. The van der Waals surface area contributed by atoms with Crippen LogP contribution in [0, 0.1) is 0 Å². The lowest BCUT2D eigenvalue weighted by atomic mass is 9.91. The first-order valence-electron chi connectivity index (χ1n) is 20.1. The van der Waals surface area contributed by atoms with Gasteiger partial charge in [0.05, 0.1) is 0 Å². The minimum absolute atomic E-state index is 1.22. The minimum Gasteiger partial charge on any atom is -0.0616 e. The van der Waals surface area contributed by atoms with Gasteiger partial charge in [-0.15, -0.1) is 0 Å². The van der Waals surface area contributed by atoms with Crippen LogP contribution in [0.15, 0.2) is 218 Å². The van der Waals surface area contributed by atoms with Gasteiger partial charge in [-0.05, 0) is 150 Å². The molecule has 0 saturated heterocycles. The molecule has 0 aliphatic rings. The molecule has 0 spiro atoms. The molecule has 0 radical (unpaired) electrons. The normalized spacial score (nSPS) is 11.8. The average molecular weight is 733 g/mol. The lowest BCUT2D eigenvalue weighted by Gasteiger charge is -2.12. The SMILES string of the molecule is c1ccc2c(-c3ccc4c(ccc5cc(-c6ccc7c(ccc8cc(-c9ccc(-c%10cc%11ccccc%11c%11ccccc%10%11)cc9)ccc87)c6)ccc54)c3)cccc2c1. The summed E-state index contributed by atoms with van der Waals surface area (Å²) in [6.45, 7) is 0. The zero-order valence-electron chi connectivity index (χ0n) is 31.8. The van der Waals surface area contributed by atoms with E-state index >= 15 is 0 Å². The molecule has 0 heteroatoms. The Bertz CT molecular complexity index is 3600. The summed E-state index contributed by atoms with van der Waals surface area (Å²) < 4.78 is 0. The molecule has 0 nitrogen and oxygen atoms in total. The molecule has 0 bridgehead atoms. The topological polar surface area (TPSA) is 0 Å². The van der Waals surface area contributed by atoms with Gasteiger partial charge in [-0.1, -0.05) is 188 Å². The van der Waals surface area contributed by atoms with E-state index in [0.717, 1.165) is 0 Å². The van der Waals surface area contributed by atoms with Gasteiger partial charge < -0.3 is 0 Å². The third-order valence-corrected chi connectivity index (χ3v) is 12.4. The fourth-order valence-corrected chi connectivity index (χ4v) is 9.46. The van der Waals surface area contributed by atoms with Crippen molar-refractivity contribution in [2.45, 2.75) is 0 Å². The maximum absolute atomic E-state index is 2.34. The van der Waals surface area contributed by atoms with Gasteiger partial charge in [0.25, 0.3) is 0 Å². The monoisotopic (exact) mass is 732 g/mol. The van der Waals surface area contributed by atoms with Crippen LogP contribution in [0.5, 0.6) is 0 Å². The molecule has 0 aliphatic heterocycles. The van der Waals surface area contributed by atoms with Gasteiger partial charge in [-0.2, -0.15) is 0 Å². The van der Waals surface area contributed by atoms with E-state index in [0.29, 0.717) is 0 Å². The van der Waals surface area contributed by atoms with E-state index in [-0.39, 0.29) is 0 Å². The van der Waals surface area contributed by atoms with Gasteiger partial charge in [-0.25, -0.2) is 0 Å². The lowest BCUT2D eigenvalue weighted by Crippen LogP contribution is -1.86. The summed E-state index contributed by atoms with van der Waals surface area (Å²) in [4.78, 5) is 0. The van der Waals surface area contributed by atoms with Gasteiger partial charge in [0, 0.05) is 0 Å². The first kappa shape index (κ1) is 32.7. The van der Waals surface area contributed by atoms with Crippen molar-refractivity contribution in [3.8, 4) is 44.5 Å². The summed E-state index contributed by atoms with van der Waals surface area (Å²) in [5, 5.41) is 17.9. The van der Waals surface area contributed by atoms with Crippen molar-refractivity contribution >= 4 is 75.4 Å². The van der Waals surface area contributed by atoms with Crippen LogP contribution in [0.2, 0.25) is 0 Å². The molecule has 12 aromatic carbocycles. The molecule has 0 fully saturated rings. The molecule has 268 valence electrons. The van der Waals surface area contributed by atoms with E-state index in [1.54, 1.807) is 0 Å². The van der Waals surface area contributed by atoms with Crippen molar-refractivity contribution in [1.82, 2.24) is 0 Å². The van der Waals surface area contributed by atoms with Crippen LogP contribution in [-0.4, -0.2) is 0 Å². The predicted molar refractivity (Wildman–Crippen MR) is 251 cm³/mol. The first-order valence-corrected chi connectivity index (χ1v) is 20.1. The molecule has 0 heterocycles. The van der Waals surface area contributed by atoms with Crippen molar-refractivity contribution in [1.29, 1.82) is 0 Å². The molecule has 0 aromatic heterocycles. The van der Waals surface area contributed by atoms with E-state index < -0.39 is 0 Å². The van der Waals surface area contributed by atoms with Crippen molar-refractivity contribution in [2.75, 3.05) is 0 Å². The highest BCUT2D eigenvalue weighted by Gasteiger charge is 2.12. The fourth-order valence-electron chi connectivity index (χ4n) is 9.46. The van der Waals surface area contributed by atoms with Crippen LogP contribution in [0.3, 0.4) is 0 Å². The minimum atomic E-state index is 1.22. The highest BCUT2D eigenvalue weighted by atomic mass is 14.2. The lowest BCUT2D eigenvalue weighted by molar-refractivity contribution is 1.63. The van der Waals surface area contributed by atoms with Crippen molar-refractivity contribution in [2.24, 2.45) is 0 Å². The molecule has 58 heavy (non-hydrogen) atoms. The van der Waals surface area contributed by atoms with Crippen molar-refractivity contribution < 1.29 is 0 Å². The Morgan fingerprint density at radius 3 is 1.14 bits per heavy atom. The Kier molecular flexibility index (Phi) is 7.33. The number of rotatable bonds is 4. The number of fused-ring (bicyclic) bond motifs is 10. The molecular weight excluding hydrogens is 697 g/mol. The average Bonchev–Trinajstić information content (AvgIpc) is 3.30. The maximum atomic E-state index is 2.34. The second-order valence-electron chi connectivity index (χ2n) is 15.7. The standard InChI is InChI=1S/C58H36/c1-3-11-49-38(8-1)10-7-15-50(49)48-27-31-55-47(35-48)23-22-46-34-42(26-30-54(46)55)41-25-29-53-45(33-41)21-20-44-32-40(24-28-52(44)53)37-16-18-39(19-17-37)58-36-43-9-2-4-12-51(43)56-13-5-6-14-57(56)58/h1-36H. The summed E-state index contributed by atoms with van der Waals surface area (Å²) in [5.74, 6) is 0. The molecule has 0 saturated carbocycles. The molecular formula is C58H36. The smallest absolute Gasteiger partial charge is 0.00990 e. The number of hydrogen-bond acceptors (Lipinski definition) is 0. The second kappa shape index (κ2) is 13.0. The van der Waals surface area contributed by atoms with Crippen molar-refractivity contribution in [3.05, 3.63) is 218 Å². The Morgan fingerprint density at radius 1 is 0.155 bits per heavy atom. The first-order chi connectivity index (χ1) is 28.7. The molecule has 0 atom stereocenters. The van der Waals surface area contributed by atoms with Crippen LogP contribution in [0.4, 0.5) is 0 Å². The van der Waals surface area contributed by atoms with Crippen LogP contribution < -0.4 is 0 Å². The van der Waals surface area contributed by atoms with E-state index in [2.05, 4.69) is 218 Å². The van der Waals surface area contributed by atoms with Gasteiger partial charge in [0.1, 0.15) is 0 Å². The Hall–Kier alpha value is -7.54. The Labute approximate surface area is 336 Å².